The van der Waals surface area contributed by atoms with Gasteiger partial charge in [0.05, 0.1) is 28.7 Å². The van der Waals surface area contributed by atoms with Crippen molar-refractivity contribution in [3.05, 3.63) is 38.9 Å². The van der Waals surface area contributed by atoms with Gasteiger partial charge in [0.15, 0.2) is 0 Å². The van der Waals surface area contributed by atoms with Crippen molar-refractivity contribution in [3.63, 3.8) is 0 Å². The number of hydrogen-bond acceptors (Lipinski definition) is 4. The molecular weight excluding hydrogens is 220 g/mol. The summed E-state index contributed by atoms with van der Waals surface area (Å²) in [5.41, 5.74) is 3.02. The summed E-state index contributed by atoms with van der Waals surface area (Å²) in [6.45, 7) is 2.51. The van der Waals surface area contributed by atoms with Crippen molar-refractivity contribution >= 4 is 17.3 Å². The van der Waals surface area contributed by atoms with Gasteiger partial charge in [0.25, 0.3) is 5.69 Å². The van der Waals surface area contributed by atoms with Gasteiger partial charge < -0.3 is 4.84 Å². The number of rotatable bonds is 5. The van der Waals surface area contributed by atoms with Crippen LogP contribution in [0.15, 0.2) is 18.2 Å². The molecule has 1 rings (SSSR count). The monoisotopic (exact) mass is 230 g/mol. The Hall–Kier alpha value is -1.17. The maximum atomic E-state index is 10.7. The van der Waals surface area contributed by atoms with Crippen LogP contribution < -0.4 is 5.48 Å². The zero-order chi connectivity index (χ0) is 11.3. The number of halogens is 1. The zero-order valence-corrected chi connectivity index (χ0v) is 8.95. The molecule has 1 aromatic carbocycles. The zero-order valence-electron chi connectivity index (χ0n) is 8.20. The number of nitrogens with one attached hydrogen (secondary N) is 1. The Labute approximate surface area is 92.1 Å². The minimum absolute atomic E-state index is 0.00490. The number of benzene rings is 1. The highest BCUT2D eigenvalue weighted by atomic mass is 35.5. The van der Waals surface area contributed by atoms with Crippen molar-refractivity contribution in [2.75, 3.05) is 6.61 Å². The summed E-state index contributed by atoms with van der Waals surface area (Å²) in [6.07, 6.45) is 0. The smallest absolute Gasteiger partial charge is 0.275 e. The second kappa shape index (κ2) is 5.65. The van der Waals surface area contributed by atoms with Gasteiger partial charge in [-0.05, 0) is 13.0 Å². The second-order valence-electron chi connectivity index (χ2n) is 2.75. The van der Waals surface area contributed by atoms with E-state index < -0.39 is 4.92 Å². The van der Waals surface area contributed by atoms with Crippen molar-refractivity contribution in [1.29, 1.82) is 0 Å². The molecular formula is C9H11ClN2O3. The lowest BCUT2D eigenvalue weighted by Gasteiger charge is -2.06. The average Bonchev–Trinajstić information content (AvgIpc) is 2.20. The van der Waals surface area contributed by atoms with E-state index in [9.17, 15) is 10.1 Å². The molecule has 0 heterocycles. The maximum absolute atomic E-state index is 10.7. The molecule has 6 heteroatoms. The standard InChI is InChI=1S/C9H11ClN2O3/c1-2-15-11-6-7-8(10)4-3-5-9(7)12(13)14/h3-5,11H,2,6H2,1H3. The fourth-order valence-electron chi connectivity index (χ4n) is 1.12. The summed E-state index contributed by atoms with van der Waals surface area (Å²) in [7, 11) is 0. The predicted molar refractivity (Wildman–Crippen MR) is 56.6 cm³/mol. The Morgan fingerprint density at radius 1 is 1.60 bits per heavy atom. The van der Waals surface area contributed by atoms with E-state index in [1.165, 1.54) is 6.07 Å². The van der Waals surface area contributed by atoms with Gasteiger partial charge in [-0.25, -0.2) is 0 Å². The molecule has 1 N–H and O–H groups in total. The molecule has 0 aliphatic rings. The lowest BCUT2D eigenvalue weighted by molar-refractivity contribution is -0.385. The largest absolute Gasteiger partial charge is 0.302 e. The lowest BCUT2D eigenvalue weighted by Crippen LogP contribution is -2.15. The van der Waals surface area contributed by atoms with Crippen LogP contribution in [0.25, 0.3) is 0 Å². The van der Waals surface area contributed by atoms with Gasteiger partial charge in [-0.3, -0.25) is 10.1 Å². The summed E-state index contributed by atoms with van der Waals surface area (Å²) < 4.78 is 0. The quantitative estimate of drug-likeness (QED) is 0.479. The first-order valence-corrected chi connectivity index (χ1v) is 4.81. The van der Waals surface area contributed by atoms with E-state index in [2.05, 4.69) is 5.48 Å². The lowest BCUT2D eigenvalue weighted by atomic mass is 10.2. The Morgan fingerprint density at radius 3 is 2.93 bits per heavy atom. The first-order valence-electron chi connectivity index (χ1n) is 4.43. The van der Waals surface area contributed by atoms with Gasteiger partial charge >= 0.3 is 0 Å². The highest BCUT2D eigenvalue weighted by molar-refractivity contribution is 6.31. The van der Waals surface area contributed by atoms with Crippen LogP contribution in [-0.2, 0) is 11.4 Å². The Morgan fingerprint density at radius 2 is 2.33 bits per heavy atom. The van der Waals surface area contributed by atoms with E-state index in [-0.39, 0.29) is 12.2 Å². The first-order chi connectivity index (χ1) is 7.16. The number of hydrogen-bond donors (Lipinski definition) is 1. The van der Waals surface area contributed by atoms with E-state index in [0.717, 1.165) is 0 Å². The predicted octanol–water partition coefficient (Wildman–Crippen LogP) is 2.29. The molecule has 0 spiro atoms. The van der Waals surface area contributed by atoms with Crippen molar-refractivity contribution in [3.8, 4) is 0 Å². The third-order valence-corrected chi connectivity index (χ3v) is 2.14. The molecule has 0 aliphatic carbocycles. The highest BCUT2D eigenvalue weighted by Gasteiger charge is 2.15. The van der Waals surface area contributed by atoms with Crippen LogP contribution in [-0.4, -0.2) is 11.5 Å². The van der Waals surface area contributed by atoms with E-state index in [1.54, 1.807) is 12.1 Å². The Kier molecular flexibility index (Phi) is 4.48. The minimum Gasteiger partial charge on any atom is -0.302 e. The normalized spacial score (nSPS) is 10.3. The fourth-order valence-corrected chi connectivity index (χ4v) is 1.35. The molecule has 0 aromatic heterocycles. The van der Waals surface area contributed by atoms with Crippen molar-refractivity contribution in [1.82, 2.24) is 5.48 Å². The molecule has 15 heavy (non-hydrogen) atoms. The van der Waals surface area contributed by atoms with Crippen LogP contribution in [0.1, 0.15) is 12.5 Å². The molecule has 1 aromatic rings. The topological polar surface area (TPSA) is 64.4 Å². The average molecular weight is 231 g/mol. The highest BCUT2D eigenvalue weighted by Crippen LogP contribution is 2.25. The van der Waals surface area contributed by atoms with Crippen molar-refractivity contribution in [2.24, 2.45) is 0 Å². The van der Waals surface area contributed by atoms with E-state index in [4.69, 9.17) is 16.4 Å². The van der Waals surface area contributed by atoms with Crippen molar-refractivity contribution in [2.45, 2.75) is 13.5 Å². The summed E-state index contributed by atoms with van der Waals surface area (Å²) >= 11 is 5.85. The second-order valence-corrected chi connectivity index (χ2v) is 3.16. The van der Waals surface area contributed by atoms with E-state index in [0.29, 0.717) is 17.2 Å². The van der Waals surface area contributed by atoms with Gasteiger partial charge in [-0.1, -0.05) is 17.7 Å². The molecule has 0 saturated carbocycles. The molecule has 0 saturated heterocycles. The van der Waals surface area contributed by atoms with E-state index >= 15 is 0 Å². The summed E-state index contributed by atoms with van der Waals surface area (Å²) in [4.78, 5) is 15.1. The number of nitrogens with zero attached hydrogens (tertiary/aromatic N) is 1. The molecule has 0 bridgehead atoms. The van der Waals surface area contributed by atoms with Gasteiger partial charge in [0.1, 0.15) is 0 Å². The van der Waals surface area contributed by atoms with Gasteiger partial charge in [-0.15, -0.1) is 0 Å². The van der Waals surface area contributed by atoms with Gasteiger partial charge in [0, 0.05) is 6.07 Å². The Balaban J connectivity index is 2.87. The van der Waals surface area contributed by atoms with Gasteiger partial charge in [-0.2, -0.15) is 5.48 Å². The van der Waals surface area contributed by atoms with Crippen molar-refractivity contribution < 1.29 is 9.76 Å². The summed E-state index contributed by atoms with van der Waals surface area (Å²) in [6, 6.07) is 4.57. The SMILES string of the molecule is CCONCc1c(Cl)cccc1[N+](=O)[O-]. The number of nitro benzene ring substituents is 1. The fraction of sp³-hybridized carbons (Fsp3) is 0.333. The maximum Gasteiger partial charge on any atom is 0.275 e. The molecule has 0 atom stereocenters. The molecule has 5 nitrogen and oxygen atoms in total. The van der Waals surface area contributed by atoms with Crippen LogP contribution in [0.4, 0.5) is 5.69 Å². The molecule has 82 valence electrons. The number of hydroxylamine groups is 1. The third kappa shape index (κ3) is 3.16. The van der Waals surface area contributed by atoms with Crippen LogP contribution in [0.2, 0.25) is 5.02 Å². The number of nitro groups is 1. The first kappa shape index (κ1) is 11.9. The van der Waals surface area contributed by atoms with Gasteiger partial charge in [0.2, 0.25) is 0 Å². The minimum atomic E-state index is -0.463. The summed E-state index contributed by atoms with van der Waals surface area (Å²) in [5, 5.41) is 11.0. The Bertz CT molecular complexity index is 357. The van der Waals surface area contributed by atoms with E-state index in [1.807, 2.05) is 6.92 Å². The van der Waals surface area contributed by atoms with Crippen LogP contribution in [0.5, 0.6) is 0 Å². The van der Waals surface area contributed by atoms with Crippen LogP contribution in [0, 0.1) is 10.1 Å². The summed E-state index contributed by atoms with van der Waals surface area (Å²) in [5.74, 6) is 0. The molecule has 0 radical (unpaired) electrons. The molecule has 0 amide bonds. The van der Waals surface area contributed by atoms with Crippen LogP contribution in [0.3, 0.4) is 0 Å². The van der Waals surface area contributed by atoms with Crippen LogP contribution >= 0.6 is 11.6 Å². The molecule has 0 unspecified atom stereocenters. The molecule has 0 fully saturated rings. The third-order valence-electron chi connectivity index (χ3n) is 1.79. The molecule has 0 aliphatic heterocycles.